The standard InChI is InChI=1S/C16H15FO3/c1-9-2-5-15-11(6-9)14(19)8-16(20-15)10-3-4-13(18)12(17)7-10/h2-7,14,16,18-19H,8H2,1H3/t14-,16?/m0/s1. The Morgan fingerprint density at radius 3 is 2.75 bits per heavy atom. The number of phenols is 1. The molecule has 4 heteroatoms. The summed E-state index contributed by atoms with van der Waals surface area (Å²) < 4.78 is 19.2. The second-order valence-corrected chi connectivity index (χ2v) is 5.11. The molecule has 0 amide bonds. The summed E-state index contributed by atoms with van der Waals surface area (Å²) in [5.41, 5.74) is 2.42. The third kappa shape index (κ3) is 2.23. The maximum atomic E-state index is 13.4. The van der Waals surface area contributed by atoms with Gasteiger partial charge in [-0.05, 0) is 36.8 Å². The van der Waals surface area contributed by atoms with Crippen molar-refractivity contribution in [2.75, 3.05) is 0 Å². The molecule has 0 saturated heterocycles. The van der Waals surface area contributed by atoms with Crippen molar-refractivity contribution in [3.05, 3.63) is 58.9 Å². The molecule has 3 rings (SSSR count). The van der Waals surface area contributed by atoms with Gasteiger partial charge in [0.15, 0.2) is 11.6 Å². The summed E-state index contributed by atoms with van der Waals surface area (Å²) in [5, 5.41) is 19.4. The molecule has 1 unspecified atom stereocenters. The molecular formula is C16H15FO3. The van der Waals surface area contributed by atoms with Crippen molar-refractivity contribution in [2.24, 2.45) is 0 Å². The van der Waals surface area contributed by atoms with Crippen LogP contribution in [0.2, 0.25) is 0 Å². The predicted octanol–water partition coefficient (Wildman–Crippen LogP) is 3.40. The molecule has 1 aliphatic rings. The Bertz CT molecular complexity index is 654. The van der Waals surface area contributed by atoms with E-state index in [9.17, 15) is 14.6 Å². The van der Waals surface area contributed by atoms with E-state index in [2.05, 4.69) is 0 Å². The third-order valence-corrected chi connectivity index (χ3v) is 3.57. The van der Waals surface area contributed by atoms with Crippen molar-refractivity contribution in [2.45, 2.75) is 25.6 Å². The summed E-state index contributed by atoms with van der Waals surface area (Å²) in [6.07, 6.45) is -0.698. The maximum Gasteiger partial charge on any atom is 0.165 e. The predicted molar refractivity (Wildman–Crippen MR) is 72.2 cm³/mol. The molecule has 0 bridgehead atoms. The molecule has 20 heavy (non-hydrogen) atoms. The van der Waals surface area contributed by atoms with Gasteiger partial charge in [-0.15, -0.1) is 0 Å². The second-order valence-electron chi connectivity index (χ2n) is 5.11. The van der Waals surface area contributed by atoms with Crippen LogP contribution in [0.3, 0.4) is 0 Å². The van der Waals surface area contributed by atoms with E-state index in [1.807, 2.05) is 25.1 Å². The molecule has 104 valence electrons. The van der Waals surface area contributed by atoms with Gasteiger partial charge in [-0.2, -0.15) is 0 Å². The molecule has 1 heterocycles. The number of aromatic hydroxyl groups is 1. The highest BCUT2D eigenvalue weighted by molar-refractivity contribution is 5.41. The fourth-order valence-electron chi connectivity index (χ4n) is 2.49. The minimum absolute atomic E-state index is 0.362. The van der Waals surface area contributed by atoms with Gasteiger partial charge in [0.25, 0.3) is 0 Å². The van der Waals surface area contributed by atoms with Crippen molar-refractivity contribution in [1.82, 2.24) is 0 Å². The SMILES string of the molecule is Cc1ccc2c(c1)[C@@H](O)CC(c1ccc(O)c(F)c1)O2. The first-order valence-corrected chi connectivity index (χ1v) is 6.48. The zero-order valence-electron chi connectivity index (χ0n) is 11.0. The largest absolute Gasteiger partial charge is 0.505 e. The number of aliphatic hydroxyl groups is 1. The Labute approximate surface area is 116 Å². The number of aryl methyl sites for hydroxylation is 1. The number of fused-ring (bicyclic) bond motifs is 1. The number of rotatable bonds is 1. The molecule has 2 aromatic rings. The molecular weight excluding hydrogens is 259 g/mol. The van der Waals surface area contributed by atoms with Crippen molar-refractivity contribution in [3.63, 3.8) is 0 Å². The quantitative estimate of drug-likeness (QED) is 0.838. The van der Waals surface area contributed by atoms with E-state index >= 15 is 0 Å². The van der Waals surface area contributed by atoms with Crippen LogP contribution in [0, 0.1) is 12.7 Å². The summed E-state index contributed by atoms with van der Waals surface area (Å²) in [6, 6.07) is 9.77. The summed E-state index contributed by atoms with van der Waals surface area (Å²) in [5.74, 6) is -0.454. The third-order valence-electron chi connectivity index (χ3n) is 3.57. The molecule has 0 spiro atoms. The summed E-state index contributed by atoms with van der Waals surface area (Å²) >= 11 is 0. The lowest BCUT2D eigenvalue weighted by molar-refractivity contribution is 0.0655. The molecule has 0 radical (unpaired) electrons. The molecule has 0 fully saturated rings. The van der Waals surface area contributed by atoms with Gasteiger partial charge in [0.1, 0.15) is 11.9 Å². The van der Waals surface area contributed by atoms with Crippen LogP contribution in [-0.2, 0) is 0 Å². The van der Waals surface area contributed by atoms with E-state index in [0.29, 0.717) is 17.7 Å². The van der Waals surface area contributed by atoms with E-state index in [1.54, 1.807) is 6.07 Å². The Hall–Kier alpha value is -2.07. The molecule has 0 saturated carbocycles. The lowest BCUT2D eigenvalue weighted by Gasteiger charge is -2.30. The first-order valence-electron chi connectivity index (χ1n) is 6.48. The van der Waals surface area contributed by atoms with E-state index in [4.69, 9.17) is 4.74 Å². The van der Waals surface area contributed by atoms with Gasteiger partial charge in [-0.1, -0.05) is 17.7 Å². The normalized spacial score (nSPS) is 21.1. The monoisotopic (exact) mass is 274 g/mol. The Kier molecular flexibility index (Phi) is 3.10. The van der Waals surface area contributed by atoms with Gasteiger partial charge in [-0.3, -0.25) is 0 Å². The second kappa shape index (κ2) is 4.80. The summed E-state index contributed by atoms with van der Waals surface area (Å²) in [7, 11) is 0. The van der Waals surface area contributed by atoms with Crippen LogP contribution < -0.4 is 4.74 Å². The Morgan fingerprint density at radius 1 is 1.20 bits per heavy atom. The van der Waals surface area contributed by atoms with Crippen molar-refractivity contribution < 1.29 is 19.3 Å². The molecule has 3 nitrogen and oxygen atoms in total. The van der Waals surface area contributed by atoms with Gasteiger partial charge in [0.05, 0.1) is 6.10 Å². The first-order chi connectivity index (χ1) is 9.54. The van der Waals surface area contributed by atoms with Crippen molar-refractivity contribution >= 4 is 0 Å². The van der Waals surface area contributed by atoms with Crippen LogP contribution in [-0.4, -0.2) is 10.2 Å². The molecule has 2 atom stereocenters. The highest BCUT2D eigenvalue weighted by Gasteiger charge is 2.28. The number of aliphatic hydroxyl groups excluding tert-OH is 1. The number of ether oxygens (including phenoxy) is 1. The van der Waals surface area contributed by atoms with Crippen LogP contribution in [0.4, 0.5) is 4.39 Å². The van der Waals surface area contributed by atoms with Crippen LogP contribution in [0.5, 0.6) is 11.5 Å². The first kappa shape index (κ1) is 12.9. The lowest BCUT2D eigenvalue weighted by atomic mass is 9.94. The lowest BCUT2D eigenvalue weighted by Crippen LogP contribution is -2.19. The zero-order chi connectivity index (χ0) is 14.3. The van der Waals surface area contributed by atoms with Crippen LogP contribution >= 0.6 is 0 Å². The van der Waals surface area contributed by atoms with Crippen molar-refractivity contribution in [3.8, 4) is 11.5 Å². The summed E-state index contributed by atoms with van der Waals surface area (Å²) in [4.78, 5) is 0. The zero-order valence-corrected chi connectivity index (χ0v) is 11.0. The highest BCUT2D eigenvalue weighted by Crippen LogP contribution is 2.41. The minimum Gasteiger partial charge on any atom is -0.505 e. The molecule has 2 N–H and O–H groups in total. The molecule has 2 aromatic carbocycles. The van der Waals surface area contributed by atoms with E-state index < -0.39 is 18.0 Å². The summed E-state index contributed by atoms with van der Waals surface area (Å²) in [6.45, 7) is 1.95. The average Bonchev–Trinajstić information content (AvgIpc) is 2.42. The van der Waals surface area contributed by atoms with E-state index in [1.165, 1.54) is 12.1 Å². The fraction of sp³-hybridized carbons (Fsp3) is 0.250. The number of hydrogen-bond donors (Lipinski definition) is 2. The topological polar surface area (TPSA) is 49.7 Å². The number of hydrogen-bond acceptors (Lipinski definition) is 3. The van der Waals surface area contributed by atoms with Gasteiger partial charge in [0, 0.05) is 12.0 Å². The number of halogens is 1. The average molecular weight is 274 g/mol. The smallest absolute Gasteiger partial charge is 0.165 e. The minimum atomic E-state index is -0.685. The number of benzene rings is 2. The molecule has 1 aliphatic heterocycles. The van der Waals surface area contributed by atoms with Gasteiger partial charge < -0.3 is 14.9 Å². The molecule has 0 aliphatic carbocycles. The van der Waals surface area contributed by atoms with Gasteiger partial charge in [0.2, 0.25) is 0 Å². The van der Waals surface area contributed by atoms with Gasteiger partial charge in [-0.25, -0.2) is 4.39 Å². The number of phenolic OH excluding ortho intramolecular Hbond substituents is 1. The Morgan fingerprint density at radius 2 is 2.00 bits per heavy atom. The Balaban J connectivity index is 1.94. The van der Waals surface area contributed by atoms with Crippen LogP contribution in [0.15, 0.2) is 36.4 Å². The van der Waals surface area contributed by atoms with E-state index in [-0.39, 0.29) is 5.75 Å². The van der Waals surface area contributed by atoms with Crippen LogP contribution in [0.1, 0.15) is 35.3 Å². The van der Waals surface area contributed by atoms with Gasteiger partial charge >= 0.3 is 0 Å². The highest BCUT2D eigenvalue weighted by atomic mass is 19.1. The molecule has 0 aromatic heterocycles. The van der Waals surface area contributed by atoms with Crippen LogP contribution in [0.25, 0.3) is 0 Å². The van der Waals surface area contributed by atoms with Crippen molar-refractivity contribution in [1.29, 1.82) is 0 Å². The fourth-order valence-corrected chi connectivity index (χ4v) is 2.49. The maximum absolute atomic E-state index is 13.4. The van der Waals surface area contributed by atoms with E-state index in [0.717, 1.165) is 11.1 Å².